The Balaban J connectivity index is 1.64. The highest BCUT2D eigenvalue weighted by Gasteiger charge is 2.64. The molecule has 0 aromatic heterocycles. The average Bonchev–Trinajstić information content (AvgIpc) is 3.00. The van der Waals surface area contributed by atoms with E-state index in [0.29, 0.717) is 28.4 Å². The quantitative estimate of drug-likeness (QED) is 0.404. The van der Waals surface area contributed by atoms with Crippen molar-refractivity contribution in [3.8, 4) is 0 Å². The Labute approximate surface area is 206 Å². The van der Waals surface area contributed by atoms with Crippen LogP contribution in [0.4, 0.5) is 0 Å². The van der Waals surface area contributed by atoms with Crippen molar-refractivity contribution < 1.29 is 4.79 Å². The minimum absolute atomic E-state index is 0.209. The Morgan fingerprint density at radius 1 is 1.03 bits per heavy atom. The van der Waals surface area contributed by atoms with Gasteiger partial charge in [0.2, 0.25) is 0 Å². The molecule has 1 nitrogen and oxygen atoms in total. The fourth-order valence-electron chi connectivity index (χ4n) is 9.60. The van der Waals surface area contributed by atoms with Gasteiger partial charge in [0.05, 0.1) is 0 Å². The first-order chi connectivity index (χ1) is 15.3. The smallest absolute Gasteiger partial charge is 0.159 e. The van der Waals surface area contributed by atoms with Crippen LogP contribution in [0.2, 0.25) is 0 Å². The number of rotatable bonds is 5. The number of carbonyl (C=O) groups is 1. The largest absolute Gasteiger partial charge is 0.295 e. The Kier molecular flexibility index (Phi) is 6.58. The fourth-order valence-corrected chi connectivity index (χ4v) is 9.60. The summed E-state index contributed by atoms with van der Waals surface area (Å²) in [4.78, 5) is 13.6. The summed E-state index contributed by atoms with van der Waals surface area (Å²) in [5.74, 6) is 4.52. The molecule has 3 saturated carbocycles. The first kappa shape index (κ1) is 25.5. The van der Waals surface area contributed by atoms with Crippen LogP contribution in [0.25, 0.3) is 0 Å². The predicted octanol–water partition coefficient (Wildman–Crippen LogP) is 9.26. The maximum Gasteiger partial charge on any atom is 0.159 e. The number of hydrogen-bond acceptors (Lipinski definition) is 1. The van der Waals surface area contributed by atoms with Crippen molar-refractivity contribution >= 4 is 5.78 Å². The van der Waals surface area contributed by atoms with Gasteiger partial charge in [-0.2, -0.15) is 0 Å². The van der Waals surface area contributed by atoms with E-state index >= 15 is 0 Å². The summed E-state index contributed by atoms with van der Waals surface area (Å²) in [6.45, 7) is 22.2. The molecule has 0 amide bonds. The van der Waals surface area contributed by atoms with Gasteiger partial charge >= 0.3 is 0 Å². The summed E-state index contributed by atoms with van der Waals surface area (Å²) in [7, 11) is 0. The monoisotopic (exact) mass is 454 g/mol. The van der Waals surface area contributed by atoms with Crippen LogP contribution >= 0.6 is 0 Å². The molecule has 0 saturated heterocycles. The molecule has 0 aliphatic heterocycles. The SMILES string of the molecule is CC[C@H]([C@H](C)CCC(C)(C)C)[C@H]1CC[C@@]2(C)C3=CC(=O)[C@H]4C[C@@H](C)CC[C@]4(C)C3CC[C@]12C. The van der Waals surface area contributed by atoms with Gasteiger partial charge in [-0.1, -0.05) is 80.7 Å². The van der Waals surface area contributed by atoms with Crippen molar-refractivity contribution in [2.75, 3.05) is 0 Å². The lowest BCUT2D eigenvalue weighted by atomic mass is 9.43. The second-order valence-electron chi connectivity index (χ2n) is 15.1. The van der Waals surface area contributed by atoms with Gasteiger partial charge in [0.15, 0.2) is 5.78 Å². The third kappa shape index (κ3) is 4.00. The highest BCUT2D eigenvalue weighted by atomic mass is 16.1. The normalized spacial score (nSPS) is 45.0. The lowest BCUT2D eigenvalue weighted by Crippen LogP contribution is -2.55. The maximum atomic E-state index is 13.6. The third-order valence-electron chi connectivity index (χ3n) is 12.1. The summed E-state index contributed by atoms with van der Waals surface area (Å²) in [5.41, 5.74) is 2.78. The molecular formula is C32H54O. The van der Waals surface area contributed by atoms with Crippen LogP contribution in [0.1, 0.15) is 127 Å². The molecule has 0 aromatic rings. The molecule has 0 radical (unpaired) electrons. The van der Waals surface area contributed by atoms with E-state index in [1.54, 1.807) is 5.57 Å². The molecule has 0 bridgehead atoms. The molecule has 4 aliphatic carbocycles. The zero-order valence-electron chi connectivity index (χ0n) is 23.5. The average molecular weight is 455 g/mol. The van der Waals surface area contributed by atoms with E-state index < -0.39 is 0 Å². The highest BCUT2D eigenvalue weighted by molar-refractivity contribution is 5.94. The second-order valence-corrected chi connectivity index (χ2v) is 15.1. The maximum absolute atomic E-state index is 13.6. The number of carbonyl (C=O) groups excluding carboxylic acids is 1. The molecule has 4 aliphatic rings. The van der Waals surface area contributed by atoms with E-state index in [-0.39, 0.29) is 16.7 Å². The molecule has 0 spiro atoms. The van der Waals surface area contributed by atoms with E-state index in [9.17, 15) is 4.79 Å². The molecular weight excluding hydrogens is 400 g/mol. The number of ketones is 1. The third-order valence-corrected chi connectivity index (χ3v) is 12.1. The Morgan fingerprint density at radius 3 is 2.36 bits per heavy atom. The molecule has 0 aromatic carbocycles. The number of hydrogen-bond donors (Lipinski definition) is 0. The zero-order valence-corrected chi connectivity index (χ0v) is 23.5. The van der Waals surface area contributed by atoms with Crippen LogP contribution in [0.5, 0.6) is 0 Å². The Morgan fingerprint density at radius 2 is 1.73 bits per heavy atom. The minimum atomic E-state index is 0.209. The van der Waals surface area contributed by atoms with Gasteiger partial charge in [-0.05, 0) is 109 Å². The fraction of sp³-hybridized carbons (Fsp3) is 0.906. The van der Waals surface area contributed by atoms with E-state index in [4.69, 9.17) is 0 Å². The van der Waals surface area contributed by atoms with Gasteiger partial charge in [-0.15, -0.1) is 0 Å². The summed E-state index contributed by atoms with van der Waals surface area (Å²) < 4.78 is 0. The Bertz CT molecular complexity index is 785. The van der Waals surface area contributed by atoms with Gasteiger partial charge in [0.25, 0.3) is 0 Å². The topological polar surface area (TPSA) is 17.1 Å². The highest BCUT2D eigenvalue weighted by Crippen LogP contribution is 2.72. The van der Waals surface area contributed by atoms with Gasteiger partial charge in [0.1, 0.15) is 0 Å². The van der Waals surface area contributed by atoms with E-state index in [1.807, 2.05) is 0 Å². The van der Waals surface area contributed by atoms with Gasteiger partial charge in [0, 0.05) is 5.92 Å². The van der Waals surface area contributed by atoms with Crippen LogP contribution in [-0.4, -0.2) is 5.78 Å². The van der Waals surface area contributed by atoms with Crippen molar-refractivity contribution in [3.63, 3.8) is 0 Å². The van der Waals surface area contributed by atoms with Crippen LogP contribution in [0.15, 0.2) is 11.6 Å². The van der Waals surface area contributed by atoms with Crippen molar-refractivity contribution in [3.05, 3.63) is 11.6 Å². The van der Waals surface area contributed by atoms with Gasteiger partial charge < -0.3 is 0 Å². The van der Waals surface area contributed by atoms with Crippen molar-refractivity contribution in [2.24, 2.45) is 57.2 Å². The molecule has 0 N–H and O–H groups in total. The number of allylic oxidation sites excluding steroid dienone is 2. The molecule has 4 rings (SSSR count). The summed E-state index contributed by atoms with van der Waals surface area (Å²) in [6.07, 6.45) is 15.2. The molecule has 3 fully saturated rings. The summed E-state index contributed by atoms with van der Waals surface area (Å²) >= 11 is 0. The minimum Gasteiger partial charge on any atom is -0.295 e. The van der Waals surface area contributed by atoms with Crippen molar-refractivity contribution in [1.82, 2.24) is 0 Å². The lowest BCUT2D eigenvalue weighted by Gasteiger charge is -2.61. The van der Waals surface area contributed by atoms with Crippen LogP contribution < -0.4 is 0 Å². The molecule has 188 valence electrons. The molecule has 0 heterocycles. The van der Waals surface area contributed by atoms with Crippen LogP contribution in [-0.2, 0) is 4.79 Å². The van der Waals surface area contributed by atoms with Crippen LogP contribution in [0.3, 0.4) is 0 Å². The summed E-state index contributed by atoms with van der Waals surface area (Å²) in [5, 5.41) is 0. The molecule has 1 heteroatoms. The van der Waals surface area contributed by atoms with E-state index in [2.05, 4.69) is 68.4 Å². The van der Waals surface area contributed by atoms with Gasteiger partial charge in [-0.3, -0.25) is 4.79 Å². The Hall–Kier alpha value is -0.590. The molecule has 33 heavy (non-hydrogen) atoms. The lowest BCUT2D eigenvalue weighted by molar-refractivity contribution is -0.131. The van der Waals surface area contributed by atoms with E-state index in [0.717, 1.165) is 24.2 Å². The van der Waals surface area contributed by atoms with E-state index in [1.165, 1.54) is 57.8 Å². The second kappa shape index (κ2) is 8.51. The standard InChI is InChI=1S/C32H54O/c1-10-23(22(3)12-15-29(4,5)6)24-13-17-32(9)26-20-28(33)27-19-21(2)11-16-30(27,7)25(26)14-18-31(24,32)8/h20-25,27H,10-19H2,1-9H3/t21-,22+,23+,24+,25?,27+,30+,31+,32-/m0/s1. The number of fused-ring (bicyclic) bond motifs is 5. The zero-order chi connectivity index (χ0) is 24.4. The van der Waals surface area contributed by atoms with Crippen molar-refractivity contribution in [1.29, 1.82) is 0 Å². The molecule has 1 unspecified atom stereocenters. The van der Waals surface area contributed by atoms with Crippen LogP contribution in [0, 0.1) is 57.2 Å². The van der Waals surface area contributed by atoms with Gasteiger partial charge in [-0.25, -0.2) is 0 Å². The van der Waals surface area contributed by atoms with Crippen molar-refractivity contribution in [2.45, 2.75) is 127 Å². The first-order valence-electron chi connectivity index (χ1n) is 14.5. The predicted molar refractivity (Wildman–Crippen MR) is 141 cm³/mol. The molecule has 9 atom stereocenters. The first-order valence-corrected chi connectivity index (χ1v) is 14.5. The summed E-state index contributed by atoms with van der Waals surface area (Å²) in [6, 6.07) is 0.